The first kappa shape index (κ1) is 9.76. The van der Waals surface area contributed by atoms with Gasteiger partial charge in [0.2, 0.25) is 0 Å². The molecular weight excluding hydrogens is 217 g/mol. The monoisotopic (exact) mass is 229 g/mol. The summed E-state index contributed by atoms with van der Waals surface area (Å²) >= 11 is 9.20. The number of hydrogen-bond donors (Lipinski definition) is 0. The molecule has 0 aliphatic carbocycles. The Morgan fingerprint density at radius 3 is 2.56 bits per heavy atom. The molecule has 0 bridgehead atoms. The Hall–Kier alpha value is 0.759. The normalized spacial score (nSPS) is 9.22. The molecule has 9 heavy (non-hydrogen) atoms. The number of hydrogen-bond acceptors (Lipinski definition) is 2. The van der Waals surface area contributed by atoms with E-state index in [0.717, 1.165) is 16.6 Å². The molecule has 0 saturated carbocycles. The Labute approximate surface area is 74.6 Å². The van der Waals surface area contributed by atoms with Crippen molar-refractivity contribution < 1.29 is 0 Å². The second-order valence-electron chi connectivity index (χ2n) is 1.41. The standard InChI is InChI=1S/C5H11NS2Se/c1-3-6(9)5(7)8-4-2/h9H,3-4H2,1-2H3. The molecule has 4 heteroatoms. The van der Waals surface area contributed by atoms with Crippen molar-refractivity contribution in [2.24, 2.45) is 0 Å². The van der Waals surface area contributed by atoms with Crippen LogP contribution in [0.25, 0.3) is 0 Å². The maximum atomic E-state index is 5.05. The van der Waals surface area contributed by atoms with Crippen LogP contribution in [0.15, 0.2) is 0 Å². The molecule has 0 aliphatic rings. The Balaban J connectivity index is 3.46. The van der Waals surface area contributed by atoms with Gasteiger partial charge in [0.25, 0.3) is 0 Å². The zero-order valence-corrected chi connectivity index (χ0v) is 9.13. The predicted molar refractivity (Wildman–Crippen MR) is 50.3 cm³/mol. The van der Waals surface area contributed by atoms with Gasteiger partial charge in [-0.15, -0.1) is 0 Å². The van der Waals surface area contributed by atoms with E-state index >= 15 is 0 Å². The van der Waals surface area contributed by atoms with Crippen molar-refractivity contribution >= 4 is 44.5 Å². The van der Waals surface area contributed by atoms with Gasteiger partial charge in [-0.3, -0.25) is 0 Å². The fourth-order valence-electron chi connectivity index (χ4n) is 0.327. The van der Waals surface area contributed by atoms with Gasteiger partial charge >= 0.3 is 74.6 Å². The van der Waals surface area contributed by atoms with Crippen LogP contribution >= 0.6 is 24.0 Å². The summed E-state index contributed by atoms with van der Waals surface area (Å²) in [5.41, 5.74) is 0. The van der Waals surface area contributed by atoms with Gasteiger partial charge in [-0.2, -0.15) is 0 Å². The number of thioether (sulfide) groups is 1. The first-order valence-corrected chi connectivity index (χ1v) is 5.08. The van der Waals surface area contributed by atoms with E-state index < -0.39 is 0 Å². The summed E-state index contributed by atoms with van der Waals surface area (Å²) in [6.07, 6.45) is 0. The summed E-state index contributed by atoms with van der Waals surface area (Å²) < 4.78 is 2.98. The van der Waals surface area contributed by atoms with Gasteiger partial charge in [0.05, 0.1) is 0 Å². The topological polar surface area (TPSA) is 3.24 Å². The predicted octanol–water partition coefficient (Wildman–Crippen LogP) is 1.16. The van der Waals surface area contributed by atoms with Gasteiger partial charge < -0.3 is 0 Å². The van der Waals surface area contributed by atoms with Crippen molar-refractivity contribution in [1.29, 1.82) is 0 Å². The molecule has 0 unspecified atom stereocenters. The third-order valence-electron chi connectivity index (χ3n) is 0.778. The van der Waals surface area contributed by atoms with E-state index in [1.54, 1.807) is 11.8 Å². The van der Waals surface area contributed by atoms with Crippen LogP contribution < -0.4 is 0 Å². The van der Waals surface area contributed by atoms with E-state index in [1.165, 1.54) is 0 Å². The Morgan fingerprint density at radius 2 is 2.22 bits per heavy atom. The zero-order chi connectivity index (χ0) is 7.28. The average molecular weight is 228 g/mol. The molecule has 0 spiro atoms. The minimum absolute atomic E-state index is 0.972. The quantitative estimate of drug-likeness (QED) is 0.516. The van der Waals surface area contributed by atoms with Crippen molar-refractivity contribution in [3.8, 4) is 0 Å². The maximum absolute atomic E-state index is 5.05. The SMILES string of the molecule is CCSC(=S)N([SeH])CC. The molecule has 0 radical (unpaired) electrons. The van der Waals surface area contributed by atoms with Crippen LogP contribution in [0, 0.1) is 0 Å². The van der Waals surface area contributed by atoms with Crippen LogP contribution in [0.5, 0.6) is 0 Å². The molecule has 0 atom stereocenters. The van der Waals surface area contributed by atoms with Crippen LogP contribution in [0.2, 0.25) is 0 Å². The summed E-state index contributed by atoms with van der Waals surface area (Å²) in [6, 6.07) is 0. The molecule has 0 N–H and O–H groups in total. The zero-order valence-electron chi connectivity index (χ0n) is 5.63. The Kier molecular flexibility index (Phi) is 6.00. The van der Waals surface area contributed by atoms with Crippen LogP contribution in [0.1, 0.15) is 13.8 Å². The van der Waals surface area contributed by atoms with E-state index in [1.807, 2.05) is 3.92 Å². The van der Waals surface area contributed by atoms with E-state index in [0.29, 0.717) is 0 Å². The van der Waals surface area contributed by atoms with Gasteiger partial charge in [-0.1, -0.05) is 0 Å². The second kappa shape index (κ2) is 5.54. The summed E-state index contributed by atoms with van der Waals surface area (Å²) in [4.78, 5) is 0. The number of nitrogens with zero attached hydrogens (tertiary/aromatic N) is 1. The fraction of sp³-hybridized carbons (Fsp3) is 0.800. The average Bonchev–Trinajstić information content (AvgIpc) is 1.87. The van der Waals surface area contributed by atoms with E-state index in [2.05, 4.69) is 30.1 Å². The first-order chi connectivity index (χ1) is 4.22. The van der Waals surface area contributed by atoms with Crippen LogP contribution in [-0.2, 0) is 0 Å². The van der Waals surface area contributed by atoms with Crippen molar-refractivity contribution in [2.45, 2.75) is 13.8 Å². The van der Waals surface area contributed by atoms with Gasteiger partial charge in [0.15, 0.2) is 0 Å². The van der Waals surface area contributed by atoms with Crippen LogP contribution in [-0.4, -0.2) is 36.8 Å². The molecular formula is C5H11NS2Se. The molecule has 0 aromatic carbocycles. The van der Waals surface area contributed by atoms with E-state index in [4.69, 9.17) is 12.2 Å². The molecule has 0 aromatic heterocycles. The first-order valence-electron chi connectivity index (χ1n) is 2.85. The molecule has 0 rings (SSSR count). The summed E-state index contributed by atoms with van der Waals surface area (Å²) in [5.74, 6) is 1.06. The molecule has 0 aliphatic heterocycles. The van der Waals surface area contributed by atoms with E-state index in [-0.39, 0.29) is 0 Å². The van der Waals surface area contributed by atoms with Crippen molar-refractivity contribution in [2.75, 3.05) is 12.3 Å². The van der Waals surface area contributed by atoms with Crippen molar-refractivity contribution in [3.05, 3.63) is 0 Å². The molecule has 0 amide bonds. The Morgan fingerprint density at radius 1 is 1.67 bits per heavy atom. The van der Waals surface area contributed by atoms with Gasteiger partial charge in [0.1, 0.15) is 0 Å². The molecule has 54 valence electrons. The summed E-state index contributed by atoms with van der Waals surface area (Å²) in [7, 11) is 0. The summed E-state index contributed by atoms with van der Waals surface area (Å²) in [6.45, 7) is 5.17. The minimum atomic E-state index is 0.972. The number of thiocarbonyl (C=S) groups is 1. The van der Waals surface area contributed by atoms with Crippen LogP contribution in [0.3, 0.4) is 0 Å². The fourth-order valence-corrected chi connectivity index (χ4v) is 1.70. The summed E-state index contributed by atoms with van der Waals surface area (Å²) in [5, 5.41) is 0. The van der Waals surface area contributed by atoms with Gasteiger partial charge in [-0.25, -0.2) is 0 Å². The third kappa shape index (κ3) is 4.20. The van der Waals surface area contributed by atoms with Crippen molar-refractivity contribution in [1.82, 2.24) is 3.92 Å². The number of rotatable bonds is 2. The molecule has 1 nitrogen and oxygen atoms in total. The third-order valence-corrected chi connectivity index (χ3v) is 3.71. The molecule has 0 heterocycles. The van der Waals surface area contributed by atoms with Gasteiger partial charge in [-0.05, 0) is 0 Å². The van der Waals surface area contributed by atoms with Gasteiger partial charge in [0, 0.05) is 0 Å². The molecule has 0 aromatic rings. The molecule has 0 fully saturated rings. The van der Waals surface area contributed by atoms with Crippen LogP contribution in [0.4, 0.5) is 0 Å². The molecule has 0 saturated heterocycles. The van der Waals surface area contributed by atoms with E-state index in [9.17, 15) is 0 Å². The Bertz CT molecular complexity index is 97.0. The van der Waals surface area contributed by atoms with Crippen molar-refractivity contribution in [3.63, 3.8) is 0 Å². The second-order valence-corrected chi connectivity index (χ2v) is 4.33.